The number of aromatic nitrogens is 2. The van der Waals surface area contributed by atoms with Crippen molar-refractivity contribution in [3.63, 3.8) is 0 Å². The van der Waals surface area contributed by atoms with Gasteiger partial charge < -0.3 is 15.2 Å². The van der Waals surface area contributed by atoms with Crippen LogP contribution in [0.1, 0.15) is 12.7 Å². The number of nitrogens with one attached hydrogen (secondary N) is 2. The largest absolute Gasteiger partial charge is 0.360 e. The summed E-state index contributed by atoms with van der Waals surface area (Å²) in [4.78, 5) is 28.5. The van der Waals surface area contributed by atoms with Gasteiger partial charge in [-0.15, -0.1) is 23.1 Å². The van der Waals surface area contributed by atoms with Crippen LogP contribution in [0.4, 0.5) is 11.5 Å². The lowest BCUT2D eigenvalue weighted by Gasteiger charge is -2.10. The van der Waals surface area contributed by atoms with Gasteiger partial charge in [0, 0.05) is 28.9 Å². The normalized spacial score (nSPS) is 11.8. The van der Waals surface area contributed by atoms with Gasteiger partial charge in [-0.05, 0) is 38.1 Å². The molecule has 2 aromatic heterocycles. The van der Waals surface area contributed by atoms with Gasteiger partial charge in [-0.1, -0.05) is 5.16 Å². The minimum atomic E-state index is -0.403. The molecule has 9 heteroatoms. The number of anilines is 2. The highest BCUT2D eigenvalue weighted by molar-refractivity contribution is 8.01. The van der Waals surface area contributed by atoms with Gasteiger partial charge in [0.15, 0.2) is 5.82 Å². The highest BCUT2D eigenvalue weighted by Crippen LogP contribution is 2.23. The zero-order valence-electron chi connectivity index (χ0n) is 14.8. The highest BCUT2D eigenvalue weighted by Gasteiger charge is 2.17. The summed E-state index contributed by atoms with van der Waals surface area (Å²) in [6.45, 7) is 3.48. The fourth-order valence-corrected chi connectivity index (χ4v) is 3.52. The van der Waals surface area contributed by atoms with Gasteiger partial charge in [-0.2, -0.15) is 0 Å². The van der Waals surface area contributed by atoms with E-state index in [1.54, 1.807) is 37.4 Å². The first-order valence-electron chi connectivity index (χ1n) is 8.17. The monoisotopic (exact) mass is 402 g/mol. The van der Waals surface area contributed by atoms with Crippen molar-refractivity contribution in [1.82, 2.24) is 10.1 Å². The molecule has 3 aromatic rings. The SMILES string of the molecule is Cc1cc(NC(=O)C(C)SCC(=O)Nc2ccc(-c3nccs3)cc2)no1. The van der Waals surface area contributed by atoms with Crippen LogP contribution < -0.4 is 10.6 Å². The Labute approximate surface area is 164 Å². The molecule has 0 saturated carbocycles. The molecule has 3 rings (SSSR count). The van der Waals surface area contributed by atoms with Gasteiger partial charge in [0.05, 0.1) is 11.0 Å². The summed E-state index contributed by atoms with van der Waals surface area (Å²) < 4.78 is 4.90. The second-order valence-electron chi connectivity index (χ2n) is 5.73. The van der Waals surface area contributed by atoms with Gasteiger partial charge in [0.2, 0.25) is 11.8 Å². The average molecular weight is 403 g/mol. The Balaban J connectivity index is 1.45. The van der Waals surface area contributed by atoms with Crippen molar-refractivity contribution in [2.24, 2.45) is 0 Å². The fourth-order valence-electron chi connectivity index (χ4n) is 2.19. The van der Waals surface area contributed by atoms with Crippen LogP contribution in [-0.2, 0) is 9.59 Å². The molecule has 0 aliphatic carbocycles. The molecule has 0 aliphatic heterocycles. The summed E-state index contributed by atoms with van der Waals surface area (Å²) in [6, 6.07) is 9.14. The maximum atomic E-state index is 12.1. The van der Waals surface area contributed by atoms with E-state index in [1.807, 2.05) is 29.6 Å². The minimum Gasteiger partial charge on any atom is -0.360 e. The highest BCUT2D eigenvalue weighted by atomic mass is 32.2. The van der Waals surface area contributed by atoms with Crippen LogP contribution in [-0.4, -0.2) is 33.0 Å². The summed E-state index contributed by atoms with van der Waals surface area (Å²) in [7, 11) is 0. The zero-order valence-corrected chi connectivity index (χ0v) is 16.4. The molecule has 1 unspecified atom stereocenters. The molecule has 2 heterocycles. The first kappa shape index (κ1) is 19.1. The molecule has 7 nitrogen and oxygen atoms in total. The van der Waals surface area contributed by atoms with Crippen molar-refractivity contribution in [2.75, 3.05) is 16.4 Å². The Morgan fingerprint density at radius 3 is 2.67 bits per heavy atom. The quantitative estimate of drug-likeness (QED) is 0.624. The van der Waals surface area contributed by atoms with Crippen LogP contribution >= 0.6 is 23.1 Å². The van der Waals surface area contributed by atoms with Crippen molar-refractivity contribution in [1.29, 1.82) is 0 Å². The number of amides is 2. The third-order valence-electron chi connectivity index (χ3n) is 3.56. The second-order valence-corrected chi connectivity index (χ2v) is 7.95. The number of thiazole rings is 1. The van der Waals surface area contributed by atoms with E-state index in [-0.39, 0.29) is 17.6 Å². The number of hydrogen-bond acceptors (Lipinski definition) is 7. The number of nitrogens with zero attached hydrogens (tertiary/aromatic N) is 2. The van der Waals surface area contributed by atoms with Crippen LogP contribution in [0.3, 0.4) is 0 Å². The first-order chi connectivity index (χ1) is 13.0. The predicted octanol–water partition coefficient (Wildman–Crippen LogP) is 3.81. The lowest BCUT2D eigenvalue weighted by Crippen LogP contribution is -2.25. The Hall–Kier alpha value is -2.65. The molecule has 0 radical (unpaired) electrons. The molecule has 0 spiro atoms. The number of hydrogen-bond donors (Lipinski definition) is 2. The number of thioether (sulfide) groups is 1. The average Bonchev–Trinajstić information content (AvgIpc) is 3.32. The van der Waals surface area contributed by atoms with Crippen LogP contribution in [0, 0.1) is 6.92 Å². The fraction of sp³-hybridized carbons (Fsp3) is 0.222. The standard InChI is InChI=1S/C18H18N4O3S2/c1-11-9-15(22-25-11)21-17(24)12(2)27-10-16(23)20-14-5-3-13(4-6-14)18-19-7-8-26-18/h3-9,12H,10H2,1-2H3,(H,20,23)(H,21,22,24). The summed E-state index contributed by atoms with van der Waals surface area (Å²) in [6.07, 6.45) is 1.76. The van der Waals surface area contributed by atoms with E-state index in [9.17, 15) is 9.59 Å². The van der Waals surface area contributed by atoms with Crippen LogP contribution in [0.5, 0.6) is 0 Å². The molecular weight excluding hydrogens is 384 g/mol. The first-order valence-corrected chi connectivity index (χ1v) is 10.1. The van der Waals surface area contributed by atoms with Crippen molar-refractivity contribution in [3.05, 3.63) is 47.7 Å². The third kappa shape index (κ3) is 5.41. The molecule has 2 amide bonds. The van der Waals surface area contributed by atoms with Gasteiger partial charge >= 0.3 is 0 Å². The van der Waals surface area contributed by atoms with Gasteiger partial charge in [0.1, 0.15) is 10.8 Å². The molecule has 2 N–H and O–H groups in total. The van der Waals surface area contributed by atoms with Crippen LogP contribution in [0.15, 0.2) is 46.4 Å². The number of carbonyl (C=O) groups is 2. The zero-order chi connectivity index (χ0) is 19.2. The van der Waals surface area contributed by atoms with E-state index in [2.05, 4.69) is 20.8 Å². The number of rotatable bonds is 7. The Morgan fingerprint density at radius 1 is 1.26 bits per heavy atom. The van der Waals surface area contributed by atoms with Gasteiger partial charge in [0.25, 0.3) is 0 Å². The number of carbonyl (C=O) groups excluding carboxylic acids is 2. The number of benzene rings is 1. The maximum Gasteiger partial charge on any atom is 0.238 e. The minimum absolute atomic E-state index is 0.167. The van der Waals surface area contributed by atoms with Crippen molar-refractivity contribution in [2.45, 2.75) is 19.1 Å². The van der Waals surface area contributed by atoms with E-state index in [4.69, 9.17) is 4.52 Å². The van der Waals surface area contributed by atoms with Gasteiger partial charge in [-0.3, -0.25) is 9.59 Å². The molecule has 140 valence electrons. The van der Waals surface area contributed by atoms with E-state index >= 15 is 0 Å². The molecule has 1 aromatic carbocycles. The van der Waals surface area contributed by atoms with Crippen LogP contribution in [0.2, 0.25) is 0 Å². The Kier molecular flexibility index (Phi) is 6.25. The van der Waals surface area contributed by atoms with Crippen molar-refractivity contribution >= 4 is 46.4 Å². The van der Waals surface area contributed by atoms with Crippen molar-refractivity contribution < 1.29 is 14.1 Å². The maximum absolute atomic E-state index is 12.1. The molecule has 0 bridgehead atoms. The topological polar surface area (TPSA) is 97.1 Å². The van der Waals surface area contributed by atoms with E-state index in [1.165, 1.54) is 11.8 Å². The number of aryl methyl sites for hydroxylation is 1. The van der Waals surface area contributed by atoms with Crippen molar-refractivity contribution in [3.8, 4) is 10.6 Å². The summed E-state index contributed by atoms with van der Waals surface area (Å²) in [5.74, 6) is 0.758. The lowest BCUT2D eigenvalue weighted by atomic mass is 10.2. The van der Waals surface area contributed by atoms with Crippen LogP contribution in [0.25, 0.3) is 10.6 Å². The molecule has 0 saturated heterocycles. The smallest absolute Gasteiger partial charge is 0.238 e. The van der Waals surface area contributed by atoms with Gasteiger partial charge in [-0.25, -0.2) is 4.98 Å². The summed E-state index contributed by atoms with van der Waals surface area (Å²) in [5, 5.41) is 11.6. The molecule has 0 aliphatic rings. The molecule has 1 atom stereocenters. The Bertz CT molecular complexity index is 907. The molecular formula is C18H18N4O3S2. The predicted molar refractivity (Wildman–Crippen MR) is 108 cm³/mol. The Morgan fingerprint density at radius 2 is 2.04 bits per heavy atom. The third-order valence-corrected chi connectivity index (χ3v) is 5.53. The molecule has 0 fully saturated rings. The van der Waals surface area contributed by atoms with E-state index in [0.29, 0.717) is 17.3 Å². The second kappa shape index (κ2) is 8.83. The lowest BCUT2D eigenvalue weighted by molar-refractivity contribution is -0.115. The van der Waals surface area contributed by atoms with E-state index in [0.717, 1.165) is 10.6 Å². The summed E-state index contributed by atoms with van der Waals surface area (Å²) >= 11 is 2.81. The molecule has 27 heavy (non-hydrogen) atoms. The van der Waals surface area contributed by atoms with E-state index < -0.39 is 5.25 Å². The summed E-state index contributed by atoms with van der Waals surface area (Å²) in [5.41, 5.74) is 1.71.